The third-order valence-electron chi connectivity index (χ3n) is 6.31. The molecule has 0 amide bonds. The molecule has 0 aliphatic heterocycles. The molecule has 0 saturated heterocycles. The number of benzene rings is 3. The molecule has 4 aromatic rings. The highest BCUT2D eigenvalue weighted by atomic mass is 35.5. The van der Waals surface area contributed by atoms with Crippen molar-refractivity contribution in [2.45, 2.75) is 31.9 Å². The molecular formula is C31H32Cl2FN3O6S. The van der Waals surface area contributed by atoms with Crippen LogP contribution in [0.4, 0.5) is 10.1 Å². The monoisotopic (exact) mass is 663 g/mol. The van der Waals surface area contributed by atoms with Crippen molar-refractivity contribution < 1.29 is 31.8 Å². The van der Waals surface area contributed by atoms with Crippen molar-refractivity contribution in [2.24, 2.45) is 4.40 Å². The second kappa shape index (κ2) is 15.4. The van der Waals surface area contributed by atoms with Crippen LogP contribution < -0.4 is 19.5 Å². The van der Waals surface area contributed by atoms with Gasteiger partial charge < -0.3 is 24.3 Å². The van der Waals surface area contributed by atoms with Crippen LogP contribution in [0.3, 0.4) is 0 Å². The molecule has 1 heterocycles. The van der Waals surface area contributed by atoms with Gasteiger partial charge in [0.05, 0.1) is 41.6 Å². The summed E-state index contributed by atoms with van der Waals surface area (Å²) in [4.78, 5) is 4.40. The summed E-state index contributed by atoms with van der Waals surface area (Å²) in [5.74, 6) is 0.366. The summed E-state index contributed by atoms with van der Waals surface area (Å²) >= 11 is 12.0. The fraction of sp³-hybridized carbons (Fsp3) is 0.290. The van der Waals surface area contributed by atoms with E-state index in [2.05, 4.69) is 21.6 Å². The smallest absolute Gasteiger partial charge is 0.258 e. The van der Waals surface area contributed by atoms with Crippen LogP contribution in [-0.2, 0) is 20.5 Å². The first-order chi connectivity index (χ1) is 21.1. The molecule has 4 rings (SSSR count). The lowest BCUT2D eigenvalue weighted by atomic mass is 10.1. The molecule has 44 heavy (non-hydrogen) atoms. The second-order valence-electron chi connectivity index (χ2n) is 9.66. The molecule has 0 aliphatic rings. The molecule has 0 fully saturated rings. The Hall–Kier alpha value is -3.64. The van der Waals surface area contributed by atoms with Gasteiger partial charge in [-0.1, -0.05) is 42.6 Å². The van der Waals surface area contributed by atoms with Gasteiger partial charge in [-0.05, 0) is 48.4 Å². The topological polar surface area (TPSA) is 108 Å². The van der Waals surface area contributed by atoms with Crippen LogP contribution >= 0.6 is 23.2 Å². The molecule has 0 aliphatic carbocycles. The van der Waals surface area contributed by atoms with E-state index in [4.69, 9.17) is 42.1 Å². The summed E-state index contributed by atoms with van der Waals surface area (Å²) in [7, 11) is -0.966. The Kier molecular flexibility index (Phi) is 11.6. The first kappa shape index (κ1) is 33.3. The Labute approximate surface area is 266 Å². The number of anilines is 1. The van der Waals surface area contributed by atoms with Crippen LogP contribution in [0.2, 0.25) is 10.0 Å². The Balaban J connectivity index is 1.55. The molecule has 0 bridgehead atoms. The van der Waals surface area contributed by atoms with Crippen LogP contribution in [0.15, 0.2) is 65.2 Å². The molecule has 234 valence electrons. The molecule has 0 saturated carbocycles. The molecule has 1 N–H and O–H groups in total. The van der Waals surface area contributed by atoms with Gasteiger partial charge in [-0.2, -0.15) is 0 Å². The van der Waals surface area contributed by atoms with Gasteiger partial charge in [-0.25, -0.2) is 12.8 Å². The highest BCUT2D eigenvalue weighted by Gasteiger charge is 2.16. The van der Waals surface area contributed by atoms with Crippen LogP contribution in [0.5, 0.6) is 23.0 Å². The van der Waals surface area contributed by atoms with Gasteiger partial charge in [0.15, 0.2) is 23.1 Å². The van der Waals surface area contributed by atoms with Crippen LogP contribution in [0, 0.1) is 5.82 Å². The van der Waals surface area contributed by atoms with Gasteiger partial charge >= 0.3 is 0 Å². The number of rotatable bonds is 14. The fourth-order valence-corrected chi connectivity index (χ4v) is 5.59. The van der Waals surface area contributed by atoms with E-state index in [0.29, 0.717) is 45.3 Å². The number of aromatic nitrogens is 1. The molecule has 0 atom stereocenters. The maximum Gasteiger partial charge on any atom is 0.258 e. The van der Waals surface area contributed by atoms with E-state index in [9.17, 15) is 8.42 Å². The third kappa shape index (κ3) is 8.95. The number of methoxy groups -OCH3 is 2. The molecule has 0 unspecified atom stereocenters. The van der Waals surface area contributed by atoms with Crippen molar-refractivity contribution in [3.8, 4) is 23.0 Å². The number of fused-ring (bicyclic) bond motifs is 1. The number of halogens is 3. The molecule has 1 aromatic heterocycles. The summed E-state index contributed by atoms with van der Waals surface area (Å²) in [5.41, 5.74) is 1.28. The highest BCUT2D eigenvalue weighted by Crippen LogP contribution is 2.38. The number of sulfonamides is 1. The first-order valence-corrected chi connectivity index (χ1v) is 16.1. The number of hydrogen-bond acceptors (Lipinski definition) is 7. The van der Waals surface area contributed by atoms with Crippen molar-refractivity contribution in [1.82, 2.24) is 4.98 Å². The van der Waals surface area contributed by atoms with Crippen molar-refractivity contribution >= 4 is 55.7 Å². The molecule has 0 spiro atoms. The lowest BCUT2D eigenvalue weighted by Gasteiger charge is -2.15. The predicted octanol–water partition coefficient (Wildman–Crippen LogP) is 8.04. The number of hydrogen-bond donors (Lipinski definition) is 1. The minimum Gasteiger partial charge on any atom is -0.493 e. The maximum absolute atomic E-state index is 15.3. The Morgan fingerprint density at radius 2 is 1.77 bits per heavy atom. The second-order valence-corrected chi connectivity index (χ2v) is 12.1. The average Bonchev–Trinajstić information content (AvgIpc) is 2.98. The normalized spacial score (nSPS) is 11.9. The quantitative estimate of drug-likeness (QED) is 0.0820. The third-order valence-corrected chi connectivity index (χ3v) is 8.24. The zero-order valence-electron chi connectivity index (χ0n) is 24.4. The van der Waals surface area contributed by atoms with E-state index in [1.165, 1.54) is 31.4 Å². The summed E-state index contributed by atoms with van der Waals surface area (Å²) in [6, 6.07) is 13.8. The van der Waals surface area contributed by atoms with E-state index in [0.717, 1.165) is 12.8 Å². The van der Waals surface area contributed by atoms with E-state index < -0.39 is 21.6 Å². The van der Waals surface area contributed by atoms with Crippen LogP contribution in [0.25, 0.3) is 10.9 Å². The molecule has 13 heteroatoms. The summed E-state index contributed by atoms with van der Waals surface area (Å²) in [6.07, 6.45) is 3.58. The molecular weight excluding hydrogens is 632 g/mol. The standard InChI is InChI=1S/C31H32Cl2FN3O6S/c1-4-5-13-42-30-18-26-22(17-29(30)41-3)27(10-12-35-26)43-28-9-7-21(16-25(28)34)36-31(11-14-40-2)37-44(38,39)19-20-6-8-23(32)24(33)15-20/h6-10,12,15-18H,4-5,11,13-14,19H2,1-3H3,(H,36,37). The first-order valence-electron chi connectivity index (χ1n) is 13.7. The largest absolute Gasteiger partial charge is 0.493 e. The Morgan fingerprint density at radius 3 is 2.48 bits per heavy atom. The van der Waals surface area contributed by atoms with Gasteiger partial charge in [-0.15, -0.1) is 4.40 Å². The fourth-order valence-electron chi connectivity index (χ4n) is 4.13. The van der Waals surface area contributed by atoms with E-state index in [1.54, 1.807) is 43.6 Å². The minimum atomic E-state index is -3.98. The van der Waals surface area contributed by atoms with Gasteiger partial charge in [0.2, 0.25) is 0 Å². The Bertz CT molecular complexity index is 1750. The number of ether oxygens (including phenoxy) is 4. The summed E-state index contributed by atoms with van der Waals surface area (Å²) < 4.78 is 67.3. The van der Waals surface area contributed by atoms with Gasteiger partial charge in [-0.3, -0.25) is 4.98 Å². The lowest BCUT2D eigenvalue weighted by molar-refractivity contribution is 0.207. The van der Waals surface area contributed by atoms with Crippen molar-refractivity contribution in [2.75, 3.05) is 32.8 Å². The van der Waals surface area contributed by atoms with Crippen LogP contribution in [-0.4, -0.2) is 46.7 Å². The molecule has 0 radical (unpaired) electrons. The van der Waals surface area contributed by atoms with Gasteiger partial charge in [0.25, 0.3) is 10.0 Å². The number of nitrogens with one attached hydrogen (secondary N) is 1. The van der Waals surface area contributed by atoms with Crippen molar-refractivity contribution in [1.29, 1.82) is 0 Å². The zero-order chi connectivity index (χ0) is 31.7. The predicted molar refractivity (Wildman–Crippen MR) is 172 cm³/mol. The minimum absolute atomic E-state index is 0.0482. The number of nitrogens with zero attached hydrogens (tertiary/aromatic N) is 2. The highest BCUT2D eigenvalue weighted by molar-refractivity contribution is 7.89. The van der Waals surface area contributed by atoms with E-state index in [-0.39, 0.29) is 35.3 Å². The van der Waals surface area contributed by atoms with E-state index >= 15 is 4.39 Å². The number of pyridine rings is 1. The van der Waals surface area contributed by atoms with Crippen molar-refractivity contribution in [3.05, 3.63) is 82.2 Å². The summed E-state index contributed by atoms with van der Waals surface area (Å²) in [5, 5.41) is 4.04. The maximum atomic E-state index is 15.3. The number of unbranched alkanes of at least 4 members (excludes halogenated alkanes) is 1. The molecule has 3 aromatic carbocycles. The summed E-state index contributed by atoms with van der Waals surface area (Å²) in [6.45, 7) is 2.80. The number of amidine groups is 1. The van der Waals surface area contributed by atoms with Gasteiger partial charge in [0.1, 0.15) is 11.6 Å². The Morgan fingerprint density at radius 1 is 0.955 bits per heavy atom. The van der Waals surface area contributed by atoms with E-state index in [1.807, 2.05) is 0 Å². The van der Waals surface area contributed by atoms with Crippen molar-refractivity contribution in [3.63, 3.8) is 0 Å². The van der Waals surface area contributed by atoms with Gasteiger partial charge in [0, 0.05) is 42.9 Å². The SMILES string of the molecule is CCCCOc1cc2nccc(Oc3ccc(NC(CCOC)=NS(=O)(=O)Cc4ccc(Cl)c(Cl)c4)cc3F)c2cc1OC. The van der Waals surface area contributed by atoms with Crippen LogP contribution in [0.1, 0.15) is 31.7 Å². The lowest BCUT2D eigenvalue weighted by Crippen LogP contribution is -2.17. The average molecular weight is 665 g/mol. The zero-order valence-corrected chi connectivity index (χ0v) is 26.7. The molecule has 9 nitrogen and oxygen atoms in total.